The quantitative estimate of drug-likeness (QED) is 0.562. The van der Waals surface area contributed by atoms with E-state index < -0.39 is 12.6 Å². The number of hydrogen-bond acceptors (Lipinski definition) is 3. The van der Waals surface area contributed by atoms with Crippen LogP contribution in [0.1, 0.15) is 55.3 Å². The Bertz CT molecular complexity index is 1020. The number of carbonyl (C=O) groups excluding carboxylic acids is 1. The molecule has 0 bridgehead atoms. The van der Waals surface area contributed by atoms with Gasteiger partial charge in [-0.1, -0.05) is 31.4 Å². The van der Waals surface area contributed by atoms with Crippen LogP contribution in [-0.4, -0.2) is 56.3 Å². The topological polar surface area (TPSA) is 26.8 Å². The van der Waals surface area contributed by atoms with Gasteiger partial charge < -0.3 is 14.7 Å². The van der Waals surface area contributed by atoms with E-state index in [2.05, 4.69) is 23.1 Å². The minimum absolute atomic E-state index is 0.0613. The fourth-order valence-corrected chi connectivity index (χ4v) is 5.84. The second-order valence-electron chi connectivity index (χ2n) is 9.80. The van der Waals surface area contributed by atoms with Crippen molar-refractivity contribution in [1.82, 2.24) is 4.90 Å². The van der Waals surface area contributed by atoms with Crippen molar-refractivity contribution >= 4 is 28.1 Å². The van der Waals surface area contributed by atoms with Crippen molar-refractivity contribution in [3.63, 3.8) is 0 Å². The number of carbonyl (C=O) groups is 1. The van der Waals surface area contributed by atoms with Gasteiger partial charge in [0.2, 0.25) is 0 Å². The molecule has 7 heteroatoms. The van der Waals surface area contributed by atoms with Crippen molar-refractivity contribution < 1.29 is 18.0 Å². The summed E-state index contributed by atoms with van der Waals surface area (Å²) in [5.41, 5.74) is 2.88. The van der Waals surface area contributed by atoms with Gasteiger partial charge in [-0.2, -0.15) is 13.2 Å². The van der Waals surface area contributed by atoms with Crippen LogP contribution >= 0.6 is 0 Å². The molecule has 0 unspecified atom stereocenters. The van der Waals surface area contributed by atoms with E-state index in [-0.39, 0.29) is 12.5 Å². The molecule has 1 amide bonds. The molecular weight excluding hydrogens is 427 g/mol. The Morgan fingerprint density at radius 1 is 0.879 bits per heavy atom. The van der Waals surface area contributed by atoms with E-state index in [1.165, 1.54) is 32.1 Å². The van der Waals surface area contributed by atoms with Gasteiger partial charge in [0, 0.05) is 54.7 Å². The molecule has 5 rings (SSSR count). The summed E-state index contributed by atoms with van der Waals surface area (Å²) in [5.74, 6) is 0.674. The number of benzene rings is 2. The molecule has 2 aliphatic heterocycles. The van der Waals surface area contributed by atoms with Gasteiger partial charge in [0.15, 0.2) is 0 Å². The van der Waals surface area contributed by atoms with Gasteiger partial charge >= 0.3 is 6.18 Å². The molecule has 2 fully saturated rings. The summed E-state index contributed by atoms with van der Waals surface area (Å²) >= 11 is 0. The minimum atomic E-state index is -4.11. The van der Waals surface area contributed by atoms with Crippen LogP contribution in [0.15, 0.2) is 30.3 Å². The third-order valence-electron chi connectivity index (χ3n) is 7.57. The van der Waals surface area contributed by atoms with Gasteiger partial charge in [-0.05, 0) is 49.9 Å². The highest BCUT2D eigenvalue weighted by atomic mass is 19.4. The second kappa shape index (κ2) is 9.16. The van der Waals surface area contributed by atoms with Gasteiger partial charge in [-0.15, -0.1) is 0 Å². The van der Waals surface area contributed by atoms with Crippen molar-refractivity contribution in [1.29, 1.82) is 0 Å². The fraction of sp³-hybridized carbons (Fsp3) is 0.577. The molecule has 1 saturated carbocycles. The van der Waals surface area contributed by atoms with Gasteiger partial charge in [0.25, 0.3) is 5.91 Å². The van der Waals surface area contributed by atoms with Gasteiger partial charge in [0.1, 0.15) is 0 Å². The summed E-state index contributed by atoms with van der Waals surface area (Å²) in [5, 5.41) is 2.11. The van der Waals surface area contributed by atoms with Crippen molar-refractivity contribution in [2.24, 2.45) is 5.92 Å². The van der Waals surface area contributed by atoms with Crippen LogP contribution in [-0.2, 0) is 0 Å². The summed E-state index contributed by atoms with van der Waals surface area (Å²) in [6, 6.07) is 10.2. The molecule has 0 spiro atoms. The Morgan fingerprint density at radius 3 is 2.45 bits per heavy atom. The largest absolute Gasteiger partial charge is 0.390 e. The summed E-state index contributed by atoms with van der Waals surface area (Å²) < 4.78 is 38.0. The normalized spacial score (nSPS) is 20.6. The summed E-state index contributed by atoms with van der Waals surface area (Å²) in [6.07, 6.45) is 2.15. The number of rotatable bonds is 5. The molecule has 3 aliphatic rings. The number of halogens is 3. The monoisotopic (exact) mass is 459 g/mol. The highest BCUT2D eigenvalue weighted by molar-refractivity contribution is 6.26. The van der Waals surface area contributed by atoms with Gasteiger partial charge in [0.05, 0.1) is 12.1 Å². The van der Waals surface area contributed by atoms with Crippen LogP contribution in [0.4, 0.5) is 24.5 Å². The number of amides is 1. The number of alkyl halides is 3. The lowest BCUT2D eigenvalue weighted by Crippen LogP contribution is -2.33. The zero-order valence-corrected chi connectivity index (χ0v) is 19.0. The van der Waals surface area contributed by atoms with E-state index in [4.69, 9.17) is 0 Å². The first-order valence-electron chi connectivity index (χ1n) is 12.3. The molecular formula is C26H32F3N3O. The highest BCUT2D eigenvalue weighted by Gasteiger charge is 2.33. The second-order valence-corrected chi connectivity index (χ2v) is 9.80. The van der Waals surface area contributed by atoms with E-state index in [0.717, 1.165) is 47.2 Å². The first kappa shape index (κ1) is 22.5. The SMILES string of the molecule is O=C1c2cccc3c(N4CCCN(CCC(F)(F)F)CC4)ccc(c23)N1CC1CCCCC1. The van der Waals surface area contributed by atoms with E-state index in [9.17, 15) is 18.0 Å². The van der Waals surface area contributed by atoms with Crippen molar-refractivity contribution in [3.05, 3.63) is 35.9 Å². The molecule has 178 valence electrons. The Morgan fingerprint density at radius 2 is 1.67 bits per heavy atom. The third kappa shape index (κ3) is 4.70. The Hall–Kier alpha value is -2.28. The average Bonchev–Trinajstić information content (AvgIpc) is 2.95. The average molecular weight is 460 g/mol. The van der Waals surface area contributed by atoms with E-state index in [1.807, 2.05) is 21.9 Å². The maximum atomic E-state index is 13.3. The van der Waals surface area contributed by atoms with Gasteiger partial charge in [-0.3, -0.25) is 4.79 Å². The van der Waals surface area contributed by atoms with Crippen molar-refractivity contribution in [3.8, 4) is 0 Å². The van der Waals surface area contributed by atoms with Crippen LogP contribution in [0.25, 0.3) is 10.8 Å². The highest BCUT2D eigenvalue weighted by Crippen LogP contribution is 2.43. The Kier molecular flexibility index (Phi) is 6.25. The van der Waals surface area contributed by atoms with Crippen LogP contribution in [0, 0.1) is 5.92 Å². The maximum absolute atomic E-state index is 13.3. The van der Waals surface area contributed by atoms with E-state index in [1.54, 1.807) is 0 Å². The molecule has 1 aliphatic carbocycles. The standard InChI is InChI=1S/C26H32F3N3O/c27-26(28,29)12-15-30-13-5-14-31(17-16-30)22-10-11-23-24-20(22)8-4-9-21(24)25(33)32(23)18-19-6-2-1-3-7-19/h4,8-11,19H,1-3,5-7,12-18H2. The molecule has 2 aromatic rings. The number of nitrogens with zero attached hydrogens (tertiary/aromatic N) is 3. The van der Waals surface area contributed by atoms with E-state index >= 15 is 0 Å². The Balaban J connectivity index is 1.37. The molecule has 33 heavy (non-hydrogen) atoms. The lowest BCUT2D eigenvalue weighted by molar-refractivity contribution is -0.137. The first-order valence-corrected chi connectivity index (χ1v) is 12.3. The van der Waals surface area contributed by atoms with Crippen LogP contribution in [0.3, 0.4) is 0 Å². The molecule has 0 aromatic heterocycles. The number of anilines is 2. The molecule has 0 atom stereocenters. The van der Waals surface area contributed by atoms with Gasteiger partial charge in [-0.25, -0.2) is 0 Å². The molecule has 2 aromatic carbocycles. The van der Waals surface area contributed by atoms with E-state index in [0.29, 0.717) is 25.6 Å². The molecule has 0 radical (unpaired) electrons. The predicted molar refractivity (Wildman–Crippen MR) is 126 cm³/mol. The lowest BCUT2D eigenvalue weighted by Gasteiger charge is -2.28. The molecule has 1 saturated heterocycles. The smallest absolute Gasteiger partial charge is 0.370 e. The molecule has 2 heterocycles. The maximum Gasteiger partial charge on any atom is 0.390 e. The van der Waals surface area contributed by atoms with Crippen molar-refractivity contribution in [2.75, 3.05) is 49.1 Å². The fourth-order valence-electron chi connectivity index (χ4n) is 5.84. The zero-order valence-electron chi connectivity index (χ0n) is 19.0. The lowest BCUT2D eigenvalue weighted by atomic mass is 9.89. The van der Waals surface area contributed by atoms with Crippen LogP contribution < -0.4 is 9.80 Å². The molecule has 0 N–H and O–H groups in total. The van der Waals surface area contributed by atoms with Crippen molar-refractivity contribution in [2.45, 2.75) is 51.1 Å². The summed E-state index contributed by atoms with van der Waals surface area (Å²) in [4.78, 5) is 19.5. The summed E-state index contributed by atoms with van der Waals surface area (Å²) in [6.45, 7) is 3.65. The van der Waals surface area contributed by atoms with Crippen LogP contribution in [0.5, 0.6) is 0 Å². The first-order chi connectivity index (χ1) is 15.9. The predicted octanol–water partition coefficient (Wildman–Crippen LogP) is 5.84. The third-order valence-corrected chi connectivity index (χ3v) is 7.57. The zero-order chi connectivity index (χ0) is 23.0. The number of hydrogen-bond donors (Lipinski definition) is 0. The van der Waals surface area contributed by atoms with Crippen LogP contribution in [0.2, 0.25) is 0 Å². The molecule has 4 nitrogen and oxygen atoms in total. The summed E-state index contributed by atoms with van der Waals surface area (Å²) in [7, 11) is 0. The Labute approximate surface area is 193 Å². The minimum Gasteiger partial charge on any atom is -0.370 e.